The van der Waals surface area contributed by atoms with E-state index in [9.17, 15) is 4.79 Å². The summed E-state index contributed by atoms with van der Waals surface area (Å²) in [6.45, 7) is 0.716. The highest BCUT2D eigenvalue weighted by Gasteiger charge is 2.06. The molecule has 0 unspecified atom stereocenters. The highest BCUT2D eigenvalue weighted by molar-refractivity contribution is 7.99. The molecule has 0 spiro atoms. The third kappa shape index (κ3) is 3.75. The Balaban J connectivity index is 1.87. The zero-order valence-corrected chi connectivity index (χ0v) is 12.0. The summed E-state index contributed by atoms with van der Waals surface area (Å²) in [5.74, 6) is 0.884. The van der Waals surface area contributed by atoms with Gasteiger partial charge in [-0.2, -0.15) is 5.10 Å². The van der Waals surface area contributed by atoms with E-state index in [4.69, 9.17) is 11.6 Å². The lowest BCUT2D eigenvalue weighted by atomic mass is 10.4. The lowest BCUT2D eigenvalue weighted by molar-refractivity contribution is 0.708. The molecule has 0 aliphatic rings. The van der Waals surface area contributed by atoms with Gasteiger partial charge in [-0.05, 0) is 12.1 Å². The summed E-state index contributed by atoms with van der Waals surface area (Å²) in [4.78, 5) is 12.8. The van der Waals surface area contributed by atoms with Crippen LogP contribution >= 0.6 is 23.4 Å². The minimum atomic E-state index is -0.289. The van der Waals surface area contributed by atoms with Crippen molar-refractivity contribution in [2.75, 3.05) is 17.6 Å². The fourth-order valence-electron chi connectivity index (χ4n) is 1.51. The van der Waals surface area contributed by atoms with Crippen LogP contribution in [0, 0.1) is 0 Å². The van der Waals surface area contributed by atoms with Crippen molar-refractivity contribution < 1.29 is 0 Å². The topological polar surface area (TPSA) is 46.9 Å². The number of thioether (sulfide) groups is 1. The number of nitrogens with zero attached hydrogens (tertiary/aromatic N) is 2. The van der Waals surface area contributed by atoms with Crippen LogP contribution in [0.4, 0.5) is 5.69 Å². The number of rotatable bonds is 5. The first-order valence-corrected chi connectivity index (χ1v) is 7.18. The van der Waals surface area contributed by atoms with Gasteiger partial charge in [0.2, 0.25) is 0 Å². The lowest BCUT2D eigenvalue weighted by Gasteiger charge is -2.08. The van der Waals surface area contributed by atoms with Gasteiger partial charge >= 0.3 is 0 Å². The maximum absolute atomic E-state index is 11.6. The van der Waals surface area contributed by atoms with E-state index in [1.54, 1.807) is 25.0 Å². The molecule has 0 bridgehead atoms. The van der Waals surface area contributed by atoms with Crippen molar-refractivity contribution >= 4 is 29.1 Å². The largest absolute Gasteiger partial charge is 0.382 e. The summed E-state index contributed by atoms with van der Waals surface area (Å²) in [6.07, 6.45) is 1.57. The molecule has 2 rings (SSSR count). The number of aromatic nitrogens is 2. The SMILES string of the molecule is Cn1ncc(NCCSc2ccccc2)c(Cl)c1=O. The predicted octanol–water partition coefficient (Wildman–Crippen LogP) is 2.64. The standard InChI is InChI=1S/C13H14ClN3OS/c1-17-13(18)12(14)11(9-16-17)15-7-8-19-10-5-3-2-4-6-10/h2-6,9,15H,7-8H2,1H3. The van der Waals surface area contributed by atoms with E-state index in [1.165, 1.54) is 9.58 Å². The lowest BCUT2D eigenvalue weighted by Crippen LogP contribution is -2.21. The van der Waals surface area contributed by atoms with E-state index >= 15 is 0 Å². The van der Waals surface area contributed by atoms with Crippen LogP contribution in [-0.4, -0.2) is 22.1 Å². The van der Waals surface area contributed by atoms with Crippen molar-refractivity contribution in [1.29, 1.82) is 0 Å². The van der Waals surface area contributed by atoms with Crippen molar-refractivity contribution in [2.24, 2.45) is 7.05 Å². The summed E-state index contributed by atoms with van der Waals surface area (Å²) >= 11 is 7.70. The van der Waals surface area contributed by atoms with Crippen LogP contribution in [0.25, 0.3) is 0 Å². The molecule has 0 fully saturated rings. The molecule has 0 saturated heterocycles. The number of hydrogen-bond acceptors (Lipinski definition) is 4. The van der Waals surface area contributed by atoms with Crippen LogP contribution < -0.4 is 10.9 Å². The van der Waals surface area contributed by atoms with E-state index in [1.807, 2.05) is 18.2 Å². The fraction of sp³-hybridized carbons (Fsp3) is 0.231. The number of halogens is 1. The summed E-state index contributed by atoms with van der Waals surface area (Å²) in [5, 5.41) is 7.23. The molecule has 0 atom stereocenters. The van der Waals surface area contributed by atoms with Crippen molar-refractivity contribution in [3.8, 4) is 0 Å². The van der Waals surface area contributed by atoms with Crippen molar-refractivity contribution in [1.82, 2.24) is 9.78 Å². The molecule has 1 heterocycles. The van der Waals surface area contributed by atoms with Gasteiger partial charge in [-0.1, -0.05) is 29.8 Å². The highest BCUT2D eigenvalue weighted by atomic mass is 35.5. The van der Waals surface area contributed by atoms with Gasteiger partial charge in [0, 0.05) is 24.2 Å². The summed E-state index contributed by atoms with van der Waals surface area (Å²) in [6, 6.07) is 10.2. The average molecular weight is 296 g/mol. The Labute approximate surface area is 120 Å². The second kappa shape index (κ2) is 6.63. The Hall–Kier alpha value is -1.46. The average Bonchev–Trinajstić information content (AvgIpc) is 2.44. The fourth-order valence-corrected chi connectivity index (χ4v) is 2.53. The first-order valence-electron chi connectivity index (χ1n) is 5.82. The van der Waals surface area contributed by atoms with Gasteiger partial charge in [0.25, 0.3) is 5.56 Å². The molecule has 0 radical (unpaired) electrons. The zero-order chi connectivity index (χ0) is 13.7. The van der Waals surface area contributed by atoms with E-state index in [0.29, 0.717) is 12.2 Å². The van der Waals surface area contributed by atoms with Crippen molar-refractivity contribution in [3.63, 3.8) is 0 Å². The van der Waals surface area contributed by atoms with Gasteiger partial charge < -0.3 is 5.32 Å². The smallest absolute Gasteiger partial charge is 0.287 e. The molecule has 6 heteroatoms. The van der Waals surface area contributed by atoms with E-state index in [0.717, 1.165) is 5.75 Å². The Morgan fingerprint density at radius 1 is 1.37 bits per heavy atom. The number of hydrogen-bond donors (Lipinski definition) is 1. The molecule has 4 nitrogen and oxygen atoms in total. The van der Waals surface area contributed by atoms with Crippen LogP contribution in [0.5, 0.6) is 0 Å². The molecule has 0 saturated carbocycles. The first kappa shape index (κ1) is 14.0. The molecule has 0 aliphatic heterocycles. The molecule has 19 heavy (non-hydrogen) atoms. The van der Waals surface area contributed by atoms with Gasteiger partial charge in [0.1, 0.15) is 5.02 Å². The molecule has 0 amide bonds. The molecule has 1 aromatic carbocycles. The molecule has 0 aliphatic carbocycles. The van der Waals surface area contributed by atoms with Crippen LogP contribution in [0.1, 0.15) is 0 Å². The molecule has 100 valence electrons. The van der Waals surface area contributed by atoms with Crippen LogP contribution in [0.2, 0.25) is 5.02 Å². The molecule has 1 aromatic heterocycles. The number of benzene rings is 1. The van der Waals surface area contributed by atoms with E-state index < -0.39 is 0 Å². The van der Waals surface area contributed by atoms with Crippen LogP contribution in [-0.2, 0) is 7.05 Å². The molecular formula is C13H14ClN3OS. The minimum absolute atomic E-state index is 0.183. The van der Waals surface area contributed by atoms with Gasteiger partial charge in [-0.15, -0.1) is 11.8 Å². The van der Waals surface area contributed by atoms with Crippen LogP contribution in [0.3, 0.4) is 0 Å². The van der Waals surface area contributed by atoms with Gasteiger partial charge in [-0.25, -0.2) is 4.68 Å². The predicted molar refractivity (Wildman–Crippen MR) is 80.1 cm³/mol. The van der Waals surface area contributed by atoms with E-state index in [-0.39, 0.29) is 10.6 Å². The third-order valence-corrected chi connectivity index (χ3v) is 3.89. The summed E-state index contributed by atoms with van der Waals surface area (Å²) < 4.78 is 1.21. The van der Waals surface area contributed by atoms with E-state index in [2.05, 4.69) is 22.5 Å². The summed E-state index contributed by atoms with van der Waals surface area (Å²) in [7, 11) is 1.57. The second-order valence-electron chi connectivity index (χ2n) is 3.89. The first-order chi connectivity index (χ1) is 9.18. The van der Waals surface area contributed by atoms with Crippen molar-refractivity contribution in [3.05, 3.63) is 51.9 Å². The molecule has 1 N–H and O–H groups in total. The Morgan fingerprint density at radius 3 is 2.84 bits per heavy atom. The summed E-state index contributed by atoms with van der Waals surface area (Å²) in [5.41, 5.74) is 0.292. The zero-order valence-electron chi connectivity index (χ0n) is 10.5. The maximum atomic E-state index is 11.6. The number of nitrogens with one attached hydrogen (secondary N) is 1. The Bertz CT molecular complexity index is 601. The highest BCUT2D eigenvalue weighted by Crippen LogP contribution is 2.18. The third-order valence-electron chi connectivity index (χ3n) is 2.51. The quantitative estimate of drug-likeness (QED) is 0.680. The van der Waals surface area contributed by atoms with Crippen LogP contribution in [0.15, 0.2) is 46.2 Å². The molecule has 2 aromatic rings. The van der Waals surface area contributed by atoms with Gasteiger partial charge in [-0.3, -0.25) is 4.79 Å². The maximum Gasteiger partial charge on any atom is 0.287 e. The van der Waals surface area contributed by atoms with Crippen molar-refractivity contribution in [2.45, 2.75) is 4.90 Å². The Morgan fingerprint density at radius 2 is 2.11 bits per heavy atom. The Kier molecular flexibility index (Phi) is 4.87. The minimum Gasteiger partial charge on any atom is -0.382 e. The normalized spacial score (nSPS) is 10.4. The molecular weight excluding hydrogens is 282 g/mol. The van der Waals surface area contributed by atoms with Gasteiger partial charge in [0.15, 0.2) is 0 Å². The monoisotopic (exact) mass is 295 g/mol. The number of aryl methyl sites for hydroxylation is 1. The number of anilines is 1. The second-order valence-corrected chi connectivity index (χ2v) is 5.44. The van der Waals surface area contributed by atoms with Gasteiger partial charge in [0.05, 0.1) is 11.9 Å².